The number of esters is 1. The molecule has 0 aliphatic carbocycles. The normalized spacial score (nSPS) is 20.5. The van der Waals surface area contributed by atoms with Crippen molar-refractivity contribution in [3.63, 3.8) is 0 Å². The Morgan fingerprint density at radius 3 is 1.69 bits per heavy atom. The maximum atomic E-state index is 12.9. The molecule has 0 radical (unpaired) electrons. The topological polar surface area (TPSA) is 175 Å². The van der Waals surface area contributed by atoms with Crippen molar-refractivity contribution in [3.8, 4) is 0 Å². The zero-order valence-corrected chi connectivity index (χ0v) is 39.1. The van der Waals surface area contributed by atoms with Gasteiger partial charge in [-0.3, -0.25) is 9.59 Å². The molecule has 62 heavy (non-hydrogen) atoms. The molecular weight excluding hydrogens is 787 g/mol. The minimum atomic E-state index is -1.58. The van der Waals surface area contributed by atoms with Crippen LogP contribution in [0.1, 0.15) is 200 Å². The second kappa shape index (κ2) is 41.3. The first-order valence-corrected chi connectivity index (χ1v) is 24.9. The van der Waals surface area contributed by atoms with Crippen LogP contribution in [-0.4, -0.2) is 100 Å². The van der Waals surface area contributed by atoms with Gasteiger partial charge in [-0.05, 0) is 71.1 Å². The second-order valence-electron chi connectivity index (χ2n) is 17.2. The molecule has 1 fully saturated rings. The lowest BCUT2D eigenvalue weighted by Gasteiger charge is -2.40. The van der Waals surface area contributed by atoms with Crippen molar-refractivity contribution in [2.75, 3.05) is 19.8 Å². The summed E-state index contributed by atoms with van der Waals surface area (Å²) in [7, 11) is 0. The van der Waals surface area contributed by atoms with Crippen LogP contribution in [0.15, 0.2) is 48.6 Å². The zero-order chi connectivity index (χ0) is 45.3. The van der Waals surface area contributed by atoms with Crippen LogP contribution in [0.25, 0.3) is 0 Å². The highest BCUT2D eigenvalue weighted by Crippen LogP contribution is 2.22. The van der Waals surface area contributed by atoms with Crippen LogP contribution in [-0.2, 0) is 23.8 Å². The molecule has 7 unspecified atom stereocenters. The summed E-state index contributed by atoms with van der Waals surface area (Å²) in [5, 5.41) is 54.0. The van der Waals surface area contributed by atoms with Gasteiger partial charge in [0.2, 0.25) is 5.91 Å². The van der Waals surface area contributed by atoms with E-state index in [4.69, 9.17) is 14.2 Å². The monoisotopic (exact) mass is 878 g/mol. The molecule has 0 spiro atoms. The molecule has 0 saturated carbocycles. The van der Waals surface area contributed by atoms with Crippen molar-refractivity contribution in [1.29, 1.82) is 0 Å². The molecule has 1 rings (SSSR count). The molecule has 0 bridgehead atoms. The summed E-state index contributed by atoms with van der Waals surface area (Å²) >= 11 is 0. The van der Waals surface area contributed by atoms with E-state index in [1.807, 2.05) is 19.1 Å². The highest BCUT2D eigenvalue weighted by Gasteiger charge is 2.44. The minimum Gasteiger partial charge on any atom is -0.466 e. The number of rotatable bonds is 41. The number of allylic oxidation sites excluding steroid dienone is 7. The van der Waals surface area contributed by atoms with E-state index in [0.29, 0.717) is 25.9 Å². The lowest BCUT2D eigenvalue weighted by molar-refractivity contribution is -0.302. The van der Waals surface area contributed by atoms with E-state index in [2.05, 4.69) is 42.6 Å². The van der Waals surface area contributed by atoms with Crippen molar-refractivity contribution in [2.45, 2.75) is 243 Å². The van der Waals surface area contributed by atoms with Crippen molar-refractivity contribution < 1.29 is 49.3 Å². The number of amides is 1. The average molecular weight is 878 g/mol. The van der Waals surface area contributed by atoms with Gasteiger partial charge in [-0.2, -0.15) is 0 Å². The fraction of sp³-hybridized carbons (Fsp3) is 0.804. The Hall–Kier alpha value is -2.38. The first-order chi connectivity index (χ1) is 30.2. The summed E-state index contributed by atoms with van der Waals surface area (Å²) in [5.74, 6) is -0.249. The van der Waals surface area contributed by atoms with Gasteiger partial charge >= 0.3 is 5.97 Å². The Balaban J connectivity index is 2.14. The molecule has 360 valence electrons. The second-order valence-corrected chi connectivity index (χ2v) is 17.2. The molecule has 7 atom stereocenters. The first-order valence-electron chi connectivity index (χ1n) is 24.9. The number of hydrogen-bond donors (Lipinski definition) is 6. The largest absolute Gasteiger partial charge is 0.466 e. The maximum absolute atomic E-state index is 12.9. The number of aliphatic hydroxyl groups excluding tert-OH is 5. The molecule has 1 amide bonds. The number of carbonyl (C=O) groups is 2. The summed E-state index contributed by atoms with van der Waals surface area (Å²) in [5.41, 5.74) is 0. The average Bonchev–Trinajstić information content (AvgIpc) is 3.27. The fourth-order valence-corrected chi connectivity index (χ4v) is 7.45. The van der Waals surface area contributed by atoms with Gasteiger partial charge in [0.1, 0.15) is 24.4 Å². The quantitative estimate of drug-likeness (QED) is 0.0197. The van der Waals surface area contributed by atoms with Crippen molar-refractivity contribution >= 4 is 11.9 Å². The van der Waals surface area contributed by atoms with Gasteiger partial charge in [-0.25, -0.2) is 0 Å². The number of nitrogens with one attached hydrogen (secondary N) is 1. The van der Waals surface area contributed by atoms with Crippen molar-refractivity contribution in [1.82, 2.24) is 5.32 Å². The predicted octanol–water partition coefficient (Wildman–Crippen LogP) is 9.77. The van der Waals surface area contributed by atoms with Gasteiger partial charge in [-0.15, -0.1) is 0 Å². The van der Waals surface area contributed by atoms with Gasteiger partial charge in [-0.1, -0.05) is 165 Å². The maximum Gasteiger partial charge on any atom is 0.305 e. The van der Waals surface area contributed by atoms with Crippen molar-refractivity contribution in [2.24, 2.45) is 0 Å². The number of hydrogen-bond acceptors (Lipinski definition) is 10. The van der Waals surface area contributed by atoms with E-state index in [1.165, 1.54) is 96.3 Å². The lowest BCUT2D eigenvalue weighted by atomic mass is 9.99. The van der Waals surface area contributed by atoms with Crippen LogP contribution in [0.2, 0.25) is 0 Å². The van der Waals surface area contributed by atoms with E-state index >= 15 is 0 Å². The molecule has 1 heterocycles. The van der Waals surface area contributed by atoms with Gasteiger partial charge in [0.15, 0.2) is 6.29 Å². The standard InChI is InChI=1S/C51H91NO10/c1-3-5-7-9-11-13-18-23-27-31-35-39-47(56)60-40-36-32-28-24-20-17-15-14-16-19-22-26-30-34-38-46(55)52-43(44(54)37-33-29-25-21-12-10-8-6-4-2)42-61-51-50(59)49(58)48(57)45(41-53)62-51/h4,6,9,11-12,21,33,37,43-45,48-51,53-54,57-59H,3,5,7-8,10,13-20,22-32,34-36,38-42H2,1-2H3,(H,52,55)/b6-4+,11-9-,21-12+,37-33+. The first kappa shape index (κ1) is 57.6. The Morgan fingerprint density at radius 2 is 1.11 bits per heavy atom. The Bertz CT molecular complexity index is 1170. The van der Waals surface area contributed by atoms with Crippen LogP contribution < -0.4 is 5.32 Å². The third-order valence-corrected chi connectivity index (χ3v) is 11.5. The third-order valence-electron chi connectivity index (χ3n) is 11.5. The minimum absolute atomic E-state index is 0.0369. The lowest BCUT2D eigenvalue weighted by Crippen LogP contribution is -2.60. The zero-order valence-electron chi connectivity index (χ0n) is 39.1. The number of ether oxygens (including phenoxy) is 3. The Kier molecular flexibility index (Phi) is 38.4. The van der Waals surface area contributed by atoms with E-state index in [9.17, 15) is 35.1 Å². The van der Waals surface area contributed by atoms with E-state index < -0.39 is 49.5 Å². The molecule has 0 aromatic carbocycles. The SMILES string of the molecule is C/C=C/CC/C=C/CC/C=C/C(O)C(COC1OC(CO)C(O)C(O)C1O)NC(=O)CCCCCCCCCCCCCCCCOC(=O)CCCCCCC/C=C\CCCC. The highest BCUT2D eigenvalue weighted by atomic mass is 16.7. The molecule has 0 aromatic rings. The molecule has 6 N–H and O–H groups in total. The van der Waals surface area contributed by atoms with Crippen molar-refractivity contribution in [3.05, 3.63) is 48.6 Å². The van der Waals surface area contributed by atoms with Gasteiger partial charge < -0.3 is 45.1 Å². The number of carbonyl (C=O) groups excluding carboxylic acids is 2. The van der Waals surface area contributed by atoms with Crippen LogP contribution >= 0.6 is 0 Å². The van der Waals surface area contributed by atoms with Gasteiger partial charge in [0.05, 0.1) is 32.0 Å². The molecule has 1 aliphatic rings. The summed E-state index contributed by atoms with van der Waals surface area (Å²) in [6.45, 7) is 3.99. The molecule has 1 saturated heterocycles. The fourth-order valence-electron chi connectivity index (χ4n) is 7.45. The molecule has 11 heteroatoms. The number of aliphatic hydroxyl groups is 5. The van der Waals surface area contributed by atoms with E-state index in [0.717, 1.165) is 70.6 Å². The Labute approximate surface area is 376 Å². The summed E-state index contributed by atoms with van der Waals surface area (Å²) in [6.07, 6.45) is 39.3. The molecule has 0 aromatic heterocycles. The molecular formula is C51H91NO10. The Morgan fingerprint density at radius 1 is 0.613 bits per heavy atom. The predicted molar refractivity (Wildman–Crippen MR) is 250 cm³/mol. The molecule has 11 nitrogen and oxygen atoms in total. The van der Waals surface area contributed by atoms with Gasteiger partial charge in [0.25, 0.3) is 0 Å². The highest BCUT2D eigenvalue weighted by molar-refractivity contribution is 5.76. The van der Waals surface area contributed by atoms with E-state index in [1.54, 1.807) is 6.08 Å². The van der Waals surface area contributed by atoms with Crippen LogP contribution in [0.3, 0.4) is 0 Å². The van der Waals surface area contributed by atoms with Crippen LogP contribution in [0, 0.1) is 0 Å². The third kappa shape index (κ3) is 31.5. The molecule has 1 aliphatic heterocycles. The number of unbranched alkanes of at least 4 members (excludes halogenated alkanes) is 22. The summed E-state index contributed by atoms with van der Waals surface area (Å²) in [4.78, 5) is 24.9. The summed E-state index contributed by atoms with van der Waals surface area (Å²) in [6, 6.07) is -0.841. The smallest absolute Gasteiger partial charge is 0.305 e. The van der Waals surface area contributed by atoms with E-state index in [-0.39, 0.29) is 18.5 Å². The van der Waals surface area contributed by atoms with Gasteiger partial charge in [0, 0.05) is 12.8 Å². The van der Waals surface area contributed by atoms with Crippen LogP contribution in [0.4, 0.5) is 0 Å². The van der Waals surface area contributed by atoms with Crippen LogP contribution in [0.5, 0.6) is 0 Å². The summed E-state index contributed by atoms with van der Waals surface area (Å²) < 4.78 is 16.6.